The van der Waals surface area contributed by atoms with Gasteiger partial charge in [0.1, 0.15) is 5.82 Å². The Labute approximate surface area is 161 Å². The van der Waals surface area contributed by atoms with Crippen LogP contribution in [0.4, 0.5) is 4.39 Å². The van der Waals surface area contributed by atoms with Crippen molar-refractivity contribution < 1.29 is 18.7 Å². The van der Waals surface area contributed by atoms with E-state index in [4.69, 9.17) is 9.47 Å². The van der Waals surface area contributed by atoms with Crippen LogP contribution in [-0.4, -0.2) is 25.7 Å². The fourth-order valence-corrected chi connectivity index (χ4v) is 2.94. The molecule has 0 atom stereocenters. The Bertz CT molecular complexity index is 735. The highest BCUT2D eigenvalue weighted by Gasteiger charge is 2.13. The van der Waals surface area contributed by atoms with E-state index in [9.17, 15) is 9.18 Å². The van der Waals surface area contributed by atoms with E-state index in [1.165, 1.54) is 12.1 Å². The second-order valence-electron chi connectivity index (χ2n) is 5.66. The number of carbonyl (C=O) groups excluding carboxylic acids is 1. The zero-order valence-corrected chi connectivity index (χ0v) is 16.6. The highest BCUT2D eigenvalue weighted by Crippen LogP contribution is 2.34. The third-order valence-electron chi connectivity index (χ3n) is 3.71. The van der Waals surface area contributed by atoms with E-state index in [2.05, 4.69) is 21.2 Å². The topological polar surface area (TPSA) is 47.6 Å². The number of carbonyl (C=O) groups is 1. The van der Waals surface area contributed by atoms with E-state index in [0.29, 0.717) is 37.7 Å². The molecule has 140 valence electrons. The molecule has 0 aliphatic heterocycles. The maximum Gasteiger partial charge on any atom is 0.224 e. The zero-order valence-electron chi connectivity index (χ0n) is 15.0. The number of ether oxygens (including phenoxy) is 2. The van der Waals surface area contributed by atoms with Crippen molar-refractivity contribution in [2.75, 3.05) is 19.8 Å². The number of hydrogen-bond acceptors (Lipinski definition) is 3. The van der Waals surface area contributed by atoms with Crippen molar-refractivity contribution in [2.45, 2.75) is 26.7 Å². The molecule has 0 radical (unpaired) electrons. The molecular formula is C20H23BrFNO3. The number of nitrogens with one attached hydrogen (secondary N) is 1. The molecule has 0 spiro atoms. The van der Waals surface area contributed by atoms with Crippen LogP contribution >= 0.6 is 15.9 Å². The molecule has 0 aromatic heterocycles. The highest BCUT2D eigenvalue weighted by molar-refractivity contribution is 9.10. The molecule has 0 fully saturated rings. The first-order chi connectivity index (χ1) is 12.5. The average Bonchev–Trinajstić information content (AvgIpc) is 2.61. The Morgan fingerprint density at radius 3 is 2.31 bits per heavy atom. The van der Waals surface area contributed by atoms with Gasteiger partial charge in [0, 0.05) is 11.0 Å². The number of halogens is 2. The maximum absolute atomic E-state index is 12.9. The number of amides is 1. The first kappa shape index (κ1) is 20.2. The molecule has 0 saturated carbocycles. The van der Waals surface area contributed by atoms with E-state index in [1.807, 2.05) is 26.0 Å². The van der Waals surface area contributed by atoms with Gasteiger partial charge < -0.3 is 14.8 Å². The molecule has 4 nitrogen and oxygen atoms in total. The van der Waals surface area contributed by atoms with Gasteiger partial charge in [0.05, 0.1) is 19.6 Å². The Balaban J connectivity index is 1.94. The van der Waals surface area contributed by atoms with E-state index in [1.54, 1.807) is 12.1 Å². The lowest BCUT2D eigenvalue weighted by molar-refractivity contribution is -0.120. The van der Waals surface area contributed by atoms with Crippen molar-refractivity contribution in [3.05, 3.63) is 57.8 Å². The number of benzene rings is 2. The molecule has 2 rings (SSSR count). The van der Waals surface area contributed by atoms with E-state index >= 15 is 0 Å². The van der Waals surface area contributed by atoms with Gasteiger partial charge in [-0.3, -0.25) is 4.79 Å². The third-order valence-corrected chi connectivity index (χ3v) is 4.45. The largest absolute Gasteiger partial charge is 0.490 e. The lowest BCUT2D eigenvalue weighted by Gasteiger charge is -2.14. The number of hydrogen-bond donors (Lipinski definition) is 1. The van der Waals surface area contributed by atoms with Crippen molar-refractivity contribution in [2.24, 2.45) is 0 Å². The van der Waals surface area contributed by atoms with E-state index in [-0.39, 0.29) is 18.1 Å². The second-order valence-corrected chi connectivity index (χ2v) is 6.51. The summed E-state index contributed by atoms with van der Waals surface area (Å²) in [5, 5.41) is 2.89. The minimum absolute atomic E-state index is 0.0839. The fraction of sp³-hybridized carbons (Fsp3) is 0.350. The molecule has 2 aromatic rings. The van der Waals surface area contributed by atoms with Gasteiger partial charge in [-0.15, -0.1) is 0 Å². The summed E-state index contributed by atoms with van der Waals surface area (Å²) >= 11 is 3.49. The maximum atomic E-state index is 12.9. The molecule has 0 bridgehead atoms. The third kappa shape index (κ3) is 6.02. The monoisotopic (exact) mass is 423 g/mol. The van der Waals surface area contributed by atoms with Crippen LogP contribution in [0.25, 0.3) is 0 Å². The Hall–Kier alpha value is -2.08. The number of rotatable bonds is 9. The smallest absolute Gasteiger partial charge is 0.224 e. The zero-order chi connectivity index (χ0) is 18.9. The summed E-state index contributed by atoms with van der Waals surface area (Å²) in [6, 6.07) is 9.94. The van der Waals surface area contributed by atoms with Crippen LogP contribution in [0, 0.1) is 5.82 Å². The molecule has 0 saturated heterocycles. The molecule has 6 heteroatoms. The van der Waals surface area contributed by atoms with E-state index in [0.717, 1.165) is 15.6 Å². The van der Waals surface area contributed by atoms with Crippen molar-refractivity contribution >= 4 is 21.8 Å². The summed E-state index contributed by atoms with van der Waals surface area (Å²) in [5.74, 6) is 0.941. The van der Waals surface area contributed by atoms with Crippen LogP contribution in [0.1, 0.15) is 25.0 Å². The van der Waals surface area contributed by atoms with Gasteiger partial charge in [0.15, 0.2) is 11.5 Å². The molecule has 0 aliphatic carbocycles. The molecular weight excluding hydrogens is 401 g/mol. The van der Waals surface area contributed by atoms with Crippen molar-refractivity contribution in [1.82, 2.24) is 5.32 Å². The van der Waals surface area contributed by atoms with Crippen molar-refractivity contribution in [1.29, 1.82) is 0 Å². The van der Waals surface area contributed by atoms with Gasteiger partial charge in [-0.05, 0) is 55.7 Å². The van der Waals surface area contributed by atoms with Crippen LogP contribution in [-0.2, 0) is 17.6 Å². The molecule has 2 aromatic carbocycles. The van der Waals surface area contributed by atoms with Crippen LogP contribution in [0.3, 0.4) is 0 Å². The van der Waals surface area contributed by atoms with Crippen molar-refractivity contribution in [3.8, 4) is 11.5 Å². The Kier molecular flexibility index (Phi) is 7.91. The first-order valence-electron chi connectivity index (χ1n) is 8.62. The quantitative estimate of drug-likeness (QED) is 0.654. The predicted octanol–water partition coefficient (Wildman–Crippen LogP) is 4.29. The summed E-state index contributed by atoms with van der Waals surface area (Å²) in [6.07, 6.45) is 0.886. The summed E-state index contributed by atoms with van der Waals surface area (Å²) < 4.78 is 24.9. The van der Waals surface area contributed by atoms with Crippen molar-refractivity contribution in [3.63, 3.8) is 0 Å². The average molecular weight is 424 g/mol. The predicted molar refractivity (Wildman–Crippen MR) is 103 cm³/mol. The lowest BCUT2D eigenvalue weighted by Crippen LogP contribution is -2.27. The summed E-state index contributed by atoms with van der Waals surface area (Å²) in [7, 11) is 0. The van der Waals surface area contributed by atoms with Gasteiger partial charge in [-0.25, -0.2) is 4.39 Å². The second kappa shape index (κ2) is 10.2. The minimum Gasteiger partial charge on any atom is -0.490 e. The van der Waals surface area contributed by atoms with Gasteiger partial charge >= 0.3 is 0 Å². The van der Waals surface area contributed by atoms with Gasteiger partial charge in [-0.1, -0.05) is 28.1 Å². The van der Waals surface area contributed by atoms with Crippen LogP contribution < -0.4 is 14.8 Å². The minimum atomic E-state index is -0.261. The van der Waals surface area contributed by atoms with E-state index < -0.39 is 0 Å². The fourth-order valence-electron chi connectivity index (χ4n) is 2.48. The molecule has 0 heterocycles. The van der Waals surface area contributed by atoms with Gasteiger partial charge in [0.25, 0.3) is 0 Å². The molecule has 1 N–H and O–H groups in total. The molecule has 0 aliphatic rings. The molecule has 0 unspecified atom stereocenters. The molecule has 1 amide bonds. The van der Waals surface area contributed by atoms with Gasteiger partial charge in [0.2, 0.25) is 5.91 Å². The Morgan fingerprint density at radius 2 is 1.69 bits per heavy atom. The van der Waals surface area contributed by atoms with Crippen LogP contribution in [0.15, 0.2) is 40.9 Å². The standard InChI is InChI=1S/C20H23BrFNO3/c1-3-25-18-11-15(17(21)13-19(18)26-4-2)12-20(24)23-10-9-14-5-7-16(22)8-6-14/h5-8,11,13H,3-4,9-10,12H2,1-2H3,(H,23,24). The lowest BCUT2D eigenvalue weighted by atomic mass is 10.1. The SMILES string of the molecule is CCOc1cc(Br)c(CC(=O)NCCc2ccc(F)cc2)cc1OCC. The Morgan fingerprint density at radius 1 is 1.08 bits per heavy atom. The first-order valence-corrected chi connectivity index (χ1v) is 9.42. The highest BCUT2D eigenvalue weighted by atomic mass is 79.9. The normalized spacial score (nSPS) is 10.5. The summed E-state index contributed by atoms with van der Waals surface area (Å²) in [5.41, 5.74) is 1.81. The van der Waals surface area contributed by atoms with Crippen LogP contribution in [0.5, 0.6) is 11.5 Å². The van der Waals surface area contributed by atoms with Crippen LogP contribution in [0.2, 0.25) is 0 Å². The molecule has 26 heavy (non-hydrogen) atoms. The summed E-state index contributed by atoms with van der Waals surface area (Å²) in [6.45, 7) is 5.36. The van der Waals surface area contributed by atoms with Gasteiger partial charge in [-0.2, -0.15) is 0 Å². The summed E-state index contributed by atoms with van der Waals surface area (Å²) in [4.78, 5) is 12.2.